The smallest absolute Gasteiger partial charge is 0.327 e. The number of carbonyl (C=O) groups excluding carboxylic acids is 1. The number of hydrogen-bond donors (Lipinski definition) is 3. The number of rotatable bonds is 5. The number of carboxylic acid groups (broad SMARTS) is 1. The normalized spacial score (nSPS) is 13.1. The summed E-state index contributed by atoms with van der Waals surface area (Å²) in [6.07, 6.45) is 3.06. The van der Waals surface area contributed by atoms with Crippen molar-refractivity contribution in [1.29, 1.82) is 0 Å². The first-order valence-electron chi connectivity index (χ1n) is 7.66. The Hall–Kier alpha value is -2.48. The van der Waals surface area contributed by atoms with Gasteiger partial charge in [-0.05, 0) is 38.5 Å². The summed E-state index contributed by atoms with van der Waals surface area (Å²) in [5.41, 5.74) is 1.86. The van der Waals surface area contributed by atoms with Gasteiger partial charge >= 0.3 is 5.97 Å². The Morgan fingerprint density at radius 2 is 2.08 bits per heavy atom. The third-order valence-electron chi connectivity index (χ3n) is 3.19. The minimum Gasteiger partial charge on any atom is -0.480 e. The average Bonchev–Trinajstić information content (AvgIpc) is 2.55. The van der Waals surface area contributed by atoms with Crippen molar-refractivity contribution in [3.8, 4) is 0 Å². The monoisotopic (exact) mass is 360 g/mol. The molecule has 1 heterocycles. The zero-order valence-electron chi connectivity index (χ0n) is 14.2. The second kappa shape index (κ2) is 7.60. The maximum atomic E-state index is 12.2. The molecule has 2 aromatic rings. The van der Waals surface area contributed by atoms with E-state index in [1.165, 1.54) is 6.20 Å². The van der Waals surface area contributed by atoms with Crippen LogP contribution in [0.3, 0.4) is 0 Å². The number of nitrogens with zero attached hydrogens (tertiary/aromatic N) is 3. The maximum absolute atomic E-state index is 12.2. The van der Waals surface area contributed by atoms with Crippen molar-refractivity contribution in [1.82, 2.24) is 15.3 Å². The fourth-order valence-electron chi connectivity index (χ4n) is 1.90. The van der Waals surface area contributed by atoms with Crippen molar-refractivity contribution in [3.63, 3.8) is 0 Å². The topological polar surface area (TPSA) is 105 Å². The number of carboxylic acids is 1. The van der Waals surface area contributed by atoms with Crippen molar-refractivity contribution in [2.75, 3.05) is 5.75 Å². The second-order valence-electron chi connectivity index (χ2n) is 6.48. The van der Waals surface area contributed by atoms with Crippen molar-refractivity contribution in [2.45, 2.75) is 32.4 Å². The van der Waals surface area contributed by atoms with Gasteiger partial charge < -0.3 is 10.4 Å². The molecule has 2 rings (SSSR count). The van der Waals surface area contributed by atoms with E-state index in [0.29, 0.717) is 11.0 Å². The summed E-state index contributed by atoms with van der Waals surface area (Å²) in [5, 5.41) is 11.4. The lowest BCUT2D eigenvalue weighted by atomic mass is 10.1. The van der Waals surface area contributed by atoms with Crippen LogP contribution in [0.15, 0.2) is 29.4 Å². The molecule has 0 saturated heterocycles. The Bertz CT molecular complexity index is 830. The van der Waals surface area contributed by atoms with Gasteiger partial charge in [-0.3, -0.25) is 14.8 Å². The highest BCUT2D eigenvalue weighted by atomic mass is 32.1. The summed E-state index contributed by atoms with van der Waals surface area (Å²) in [6, 6.07) is 4.36. The summed E-state index contributed by atoms with van der Waals surface area (Å²) in [4.78, 5) is 36.1. The van der Waals surface area contributed by atoms with Crippen LogP contribution in [0.1, 0.15) is 36.8 Å². The van der Waals surface area contributed by atoms with Crippen molar-refractivity contribution >= 4 is 41.8 Å². The van der Waals surface area contributed by atoms with Gasteiger partial charge in [0, 0.05) is 12.0 Å². The van der Waals surface area contributed by atoms with E-state index in [4.69, 9.17) is 5.11 Å². The molecule has 132 valence electrons. The minimum atomic E-state index is -1.15. The lowest BCUT2D eigenvalue weighted by Crippen LogP contribution is -2.42. The minimum absolute atomic E-state index is 0.0184. The Kier molecular flexibility index (Phi) is 5.73. The van der Waals surface area contributed by atoms with Crippen LogP contribution in [-0.4, -0.2) is 50.5 Å². The number of aliphatic imine (C=N–C) groups is 1. The Morgan fingerprint density at radius 1 is 1.36 bits per heavy atom. The molecule has 0 bridgehead atoms. The van der Waals surface area contributed by atoms with E-state index in [1.54, 1.807) is 18.3 Å². The van der Waals surface area contributed by atoms with Gasteiger partial charge in [-0.1, -0.05) is 6.07 Å². The molecular weight excluding hydrogens is 340 g/mol. The lowest BCUT2D eigenvalue weighted by Gasteiger charge is -2.12. The van der Waals surface area contributed by atoms with Gasteiger partial charge in [0.1, 0.15) is 11.7 Å². The molecule has 25 heavy (non-hydrogen) atoms. The molecule has 0 aliphatic rings. The highest BCUT2D eigenvalue weighted by molar-refractivity contribution is 7.80. The van der Waals surface area contributed by atoms with E-state index < -0.39 is 17.9 Å². The number of carbonyl (C=O) groups is 2. The predicted octanol–water partition coefficient (Wildman–Crippen LogP) is 1.96. The summed E-state index contributed by atoms with van der Waals surface area (Å²) in [5.74, 6) is -1.78. The Balaban J connectivity index is 2.29. The summed E-state index contributed by atoms with van der Waals surface area (Å²) < 4.78 is 0. The molecule has 0 saturated carbocycles. The molecule has 0 aliphatic heterocycles. The third-order valence-corrected chi connectivity index (χ3v) is 3.55. The third kappa shape index (κ3) is 5.25. The van der Waals surface area contributed by atoms with Gasteiger partial charge in [0.25, 0.3) is 5.91 Å². The molecule has 1 amide bonds. The van der Waals surface area contributed by atoms with Gasteiger partial charge in [-0.15, -0.1) is 0 Å². The van der Waals surface area contributed by atoms with E-state index >= 15 is 0 Å². The van der Waals surface area contributed by atoms with Crippen LogP contribution in [0.2, 0.25) is 0 Å². The molecule has 1 aromatic heterocycles. The SMILES string of the molecule is CC(C)(C)N=Cc1ccc2ncc(C(=O)NC(CS)C(=O)O)nc2c1. The zero-order valence-corrected chi connectivity index (χ0v) is 15.1. The number of thiol groups is 1. The molecule has 0 radical (unpaired) electrons. The molecule has 0 spiro atoms. The maximum Gasteiger partial charge on any atom is 0.327 e. The Morgan fingerprint density at radius 3 is 2.68 bits per heavy atom. The fourth-order valence-corrected chi connectivity index (χ4v) is 2.15. The number of hydrogen-bond acceptors (Lipinski definition) is 6. The second-order valence-corrected chi connectivity index (χ2v) is 6.84. The van der Waals surface area contributed by atoms with Crippen molar-refractivity contribution < 1.29 is 14.7 Å². The molecule has 0 fully saturated rings. The molecule has 7 nitrogen and oxygen atoms in total. The highest BCUT2D eigenvalue weighted by Gasteiger charge is 2.20. The first kappa shape index (κ1) is 18.9. The van der Waals surface area contributed by atoms with E-state index in [-0.39, 0.29) is 17.0 Å². The van der Waals surface area contributed by atoms with Crippen molar-refractivity contribution in [2.24, 2.45) is 4.99 Å². The first-order valence-corrected chi connectivity index (χ1v) is 8.29. The fraction of sp³-hybridized carbons (Fsp3) is 0.353. The highest BCUT2D eigenvalue weighted by Crippen LogP contribution is 2.13. The van der Waals surface area contributed by atoms with Gasteiger partial charge in [-0.2, -0.15) is 12.6 Å². The van der Waals surface area contributed by atoms with Crippen LogP contribution < -0.4 is 5.32 Å². The van der Waals surface area contributed by atoms with Crippen LogP contribution >= 0.6 is 12.6 Å². The number of benzene rings is 1. The zero-order chi connectivity index (χ0) is 18.6. The van der Waals surface area contributed by atoms with Crippen LogP contribution in [0, 0.1) is 0 Å². The molecular formula is C17H20N4O3S. The molecule has 2 N–H and O–H groups in total. The summed E-state index contributed by atoms with van der Waals surface area (Å²) >= 11 is 3.91. The van der Waals surface area contributed by atoms with Gasteiger partial charge in [0.15, 0.2) is 0 Å². The van der Waals surface area contributed by atoms with Gasteiger partial charge in [-0.25, -0.2) is 9.78 Å². The average molecular weight is 360 g/mol. The van der Waals surface area contributed by atoms with Crippen LogP contribution in [0.25, 0.3) is 11.0 Å². The largest absolute Gasteiger partial charge is 0.480 e. The standard InChI is InChI=1S/C17H20N4O3S/c1-17(2,3)19-7-10-4-5-11-12(6-10)20-13(8-18-11)15(22)21-14(9-25)16(23)24/h4-8,14,25H,9H2,1-3H3,(H,21,22)(H,23,24). The van der Waals surface area contributed by atoms with Crippen LogP contribution in [0.5, 0.6) is 0 Å². The molecule has 1 atom stereocenters. The number of aromatic nitrogens is 2. The molecule has 1 aromatic carbocycles. The predicted molar refractivity (Wildman–Crippen MR) is 99.6 cm³/mol. The quantitative estimate of drug-likeness (QED) is 0.558. The van der Waals surface area contributed by atoms with E-state index in [0.717, 1.165) is 5.56 Å². The molecule has 1 unspecified atom stereocenters. The van der Waals surface area contributed by atoms with Crippen LogP contribution in [0.4, 0.5) is 0 Å². The van der Waals surface area contributed by atoms with E-state index in [9.17, 15) is 9.59 Å². The molecule has 0 aliphatic carbocycles. The summed E-state index contributed by atoms with van der Waals surface area (Å²) in [7, 11) is 0. The molecule has 8 heteroatoms. The lowest BCUT2D eigenvalue weighted by molar-refractivity contribution is -0.138. The van der Waals surface area contributed by atoms with E-state index in [1.807, 2.05) is 26.8 Å². The van der Waals surface area contributed by atoms with Gasteiger partial charge in [0.2, 0.25) is 0 Å². The summed E-state index contributed by atoms with van der Waals surface area (Å²) in [6.45, 7) is 5.98. The van der Waals surface area contributed by atoms with Gasteiger partial charge in [0.05, 0.1) is 22.8 Å². The van der Waals surface area contributed by atoms with E-state index in [2.05, 4.69) is 32.9 Å². The number of nitrogens with one attached hydrogen (secondary N) is 1. The number of aliphatic carboxylic acids is 1. The number of fused-ring (bicyclic) bond motifs is 1. The van der Waals surface area contributed by atoms with Crippen LogP contribution in [-0.2, 0) is 4.79 Å². The van der Waals surface area contributed by atoms with Crippen molar-refractivity contribution in [3.05, 3.63) is 35.7 Å². The number of amides is 1. The first-order chi connectivity index (χ1) is 11.7. The Labute approximate surface area is 151 Å².